The zero-order chi connectivity index (χ0) is 12.2. The second-order valence-corrected chi connectivity index (χ2v) is 4.56. The van der Waals surface area contributed by atoms with Crippen molar-refractivity contribution in [3.05, 3.63) is 35.6 Å². The molecule has 1 aromatic rings. The Bertz CT molecular complexity index is 377. The topological polar surface area (TPSA) is 55.1 Å². The Kier molecular flexibility index (Phi) is 4.01. The summed E-state index contributed by atoms with van der Waals surface area (Å²) in [5, 5.41) is 2.73. The van der Waals surface area contributed by atoms with E-state index >= 15 is 0 Å². The van der Waals surface area contributed by atoms with Gasteiger partial charge >= 0.3 is 0 Å². The van der Waals surface area contributed by atoms with Gasteiger partial charge in [-0.2, -0.15) is 0 Å². The van der Waals surface area contributed by atoms with Crippen molar-refractivity contribution in [3.63, 3.8) is 0 Å². The van der Waals surface area contributed by atoms with Gasteiger partial charge in [0.1, 0.15) is 5.82 Å². The van der Waals surface area contributed by atoms with Crippen LogP contribution in [0.2, 0.25) is 0 Å². The number of rotatable bonds is 4. The number of halogens is 1. The van der Waals surface area contributed by atoms with E-state index in [1.165, 1.54) is 18.2 Å². The van der Waals surface area contributed by atoms with Crippen LogP contribution in [0, 0.1) is 11.2 Å². The highest BCUT2D eigenvalue weighted by Gasteiger charge is 2.17. The Morgan fingerprint density at radius 3 is 2.75 bits per heavy atom. The number of benzene rings is 1. The summed E-state index contributed by atoms with van der Waals surface area (Å²) in [7, 11) is 0. The van der Waals surface area contributed by atoms with Gasteiger partial charge in [-0.15, -0.1) is 0 Å². The number of hydrogen-bond donors (Lipinski definition) is 2. The summed E-state index contributed by atoms with van der Waals surface area (Å²) >= 11 is 0. The van der Waals surface area contributed by atoms with E-state index in [1.54, 1.807) is 6.07 Å². The molecule has 0 saturated carbocycles. The zero-order valence-electron chi connectivity index (χ0n) is 9.59. The molecule has 0 fully saturated rings. The fourth-order valence-electron chi connectivity index (χ4n) is 1.12. The molecule has 3 nitrogen and oxygen atoms in total. The Morgan fingerprint density at radius 1 is 1.50 bits per heavy atom. The van der Waals surface area contributed by atoms with Crippen molar-refractivity contribution in [1.82, 2.24) is 5.32 Å². The molecule has 0 aliphatic rings. The molecule has 0 aliphatic carbocycles. The van der Waals surface area contributed by atoms with Crippen LogP contribution in [0.1, 0.15) is 24.2 Å². The second-order valence-electron chi connectivity index (χ2n) is 4.56. The SMILES string of the molecule is CC(C)(CN)CNC(=O)c1cccc(F)c1. The Labute approximate surface area is 94.8 Å². The molecule has 3 N–H and O–H groups in total. The van der Waals surface area contributed by atoms with Crippen molar-refractivity contribution in [2.75, 3.05) is 13.1 Å². The lowest BCUT2D eigenvalue weighted by molar-refractivity contribution is 0.0937. The van der Waals surface area contributed by atoms with Crippen LogP contribution in [0.3, 0.4) is 0 Å². The van der Waals surface area contributed by atoms with Gasteiger partial charge in [0.05, 0.1) is 0 Å². The molecular weight excluding hydrogens is 207 g/mol. The summed E-state index contributed by atoms with van der Waals surface area (Å²) in [4.78, 5) is 11.6. The highest BCUT2D eigenvalue weighted by Crippen LogP contribution is 2.11. The number of nitrogens with one attached hydrogen (secondary N) is 1. The maximum atomic E-state index is 12.9. The lowest BCUT2D eigenvalue weighted by Gasteiger charge is -2.22. The molecule has 0 saturated heterocycles. The van der Waals surface area contributed by atoms with Gasteiger partial charge in [0.2, 0.25) is 0 Å². The van der Waals surface area contributed by atoms with E-state index < -0.39 is 5.82 Å². The molecule has 0 radical (unpaired) electrons. The molecule has 0 aliphatic heterocycles. The summed E-state index contributed by atoms with van der Waals surface area (Å²) < 4.78 is 12.9. The van der Waals surface area contributed by atoms with Crippen molar-refractivity contribution < 1.29 is 9.18 Å². The van der Waals surface area contributed by atoms with E-state index in [0.717, 1.165) is 0 Å². The van der Waals surface area contributed by atoms with E-state index in [2.05, 4.69) is 5.32 Å². The van der Waals surface area contributed by atoms with Crippen molar-refractivity contribution in [2.24, 2.45) is 11.1 Å². The first-order valence-electron chi connectivity index (χ1n) is 5.18. The van der Waals surface area contributed by atoms with Gasteiger partial charge in [-0.05, 0) is 30.2 Å². The molecule has 1 rings (SSSR count). The lowest BCUT2D eigenvalue weighted by atomic mass is 9.94. The standard InChI is InChI=1S/C12H17FN2O/c1-12(2,7-14)8-15-11(16)9-4-3-5-10(13)6-9/h3-6H,7-8,14H2,1-2H3,(H,15,16). The van der Waals surface area contributed by atoms with E-state index in [1.807, 2.05) is 13.8 Å². The zero-order valence-corrected chi connectivity index (χ0v) is 9.59. The van der Waals surface area contributed by atoms with Gasteiger partial charge in [-0.3, -0.25) is 4.79 Å². The highest BCUT2D eigenvalue weighted by atomic mass is 19.1. The molecule has 0 unspecified atom stereocenters. The minimum atomic E-state index is -0.411. The molecule has 0 heterocycles. The van der Waals surface area contributed by atoms with Crippen molar-refractivity contribution in [2.45, 2.75) is 13.8 Å². The molecule has 0 spiro atoms. The third-order valence-electron chi connectivity index (χ3n) is 2.37. The van der Waals surface area contributed by atoms with Crippen LogP contribution in [-0.4, -0.2) is 19.0 Å². The fourth-order valence-corrected chi connectivity index (χ4v) is 1.12. The van der Waals surface area contributed by atoms with Gasteiger partial charge in [0.15, 0.2) is 0 Å². The van der Waals surface area contributed by atoms with E-state index in [-0.39, 0.29) is 11.3 Å². The first-order valence-corrected chi connectivity index (χ1v) is 5.18. The molecule has 1 amide bonds. The Hall–Kier alpha value is -1.42. The summed E-state index contributed by atoms with van der Waals surface area (Å²) in [5.41, 5.74) is 5.72. The van der Waals surface area contributed by atoms with Crippen LogP contribution < -0.4 is 11.1 Å². The van der Waals surface area contributed by atoms with Gasteiger partial charge in [-0.25, -0.2) is 4.39 Å². The van der Waals surface area contributed by atoms with E-state index in [0.29, 0.717) is 18.7 Å². The summed E-state index contributed by atoms with van der Waals surface area (Å²) in [6.45, 7) is 4.87. The maximum absolute atomic E-state index is 12.9. The molecular formula is C12H17FN2O. The van der Waals surface area contributed by atoms with Crippen molar-refractivity contribution in [3.8, 4) is 0 Å². The number of carbonyl (C=O) groups excluding carboxylic acids is 1. The Morgan fingerprint density at radius 2 is 2.19 bits per heavy atom. The molecule has 88 valence electrons. The summed E-state index contributed by atoms with van der Waals surface area (Å²) in [6.07, 6.45) is 0. The van der Waals surface area contributed by atoms with Crippen LogP contribution in [0.5, 0.6) is 0 Å². The smallest absolute Gasteiger partial charge is 0.251 e. The fraction of sp³-hybridized carbons (Fsp3) is 0.417. The summed E-state index contributed by atoms with van der Waals surface area (Å²) in [5.74, 6) is -0.688. The minimum Gasteiger partial charge on any atom is -0.351 e. The number of amides is 1. The van der Waals surface area contributed by atoms with Crippen LogP contribution in [0.15, 0.2) is 24.3 Å². The van der Waals surface area contributed by atoms with Crippen LogP contribution >= 0.6 is 0 Å². The molecule has 0 atom stereocenters. The van der Waals surface area contributed by atoms with Gasteiger partial charge in [0.25, 0.3) is 5.91 Å². The second kappa shape index (κ2) is 5.07. The number of nitrogens with two attached hydrogens (primary N) is 1. The van der Waals surface area contributed by atoms with E-state index in [9.17, 15) is 9.18 Å². The molecule has 1 aromatic carbocycles. The van der Waals surface area contributed by atoms with E-state index in [4.69, 9.17) is 5.73 Å². The summed E-state index contributed by atoms with van der Waals surface area (Å²) in [6, 6.07) is 5.61. The molecule has 16 heavy (non-hydrogen) atoms. The molecule has 0 bridgehead atoms. The third kappa shape index (κ3) is 3.62. The maximum Gasteiger partial charge on any atom is 0.251 e. The predicted octanol–water partition coefficient (Wildman–Crippen LogP) is 1.54. The lowest BCUT2D eigenvalue weighted by Crippen LogP contribution is -2.38. The highest BCUT2D eigenvalue weighted by molar-refractivity contribution is 5.94. The minimum absolute atomic E-state index is 0.150. The number of hydrogen-bond acceptors (Lipinski definition) is 2. The van der Waals surface area contributed by atoms with Crippen molar-refractivity contribution in [1.29, 1.82) is 0 Å². The molecule has 4 heteroatoms. The van der Waals surface area contributed by atoms with Gasteiger partial charge in [0, 0.05) is 12.1 Å². The van der Waals surface area contributed by atoms with Crippen molar-refractivity contribution >= 4 is 5.91 Å². The van der Waals surface area contributed by atoms with Crippen LogP contribution in [-0.2, 0) is 0 Å². The quantitative estimate of drug-likeness (QED) is 0.815. The van der Waals surface area contributed by atoms with Crippen LogP contribution in [0.4, 0.5) is 4.39 Å². The predicted molar refractivity (Wildman–Crippen MR) is 61.6 cm³/mol. The largest absolute Gasteiger partial charge is 0.351 e. The van der Waals surface area contributed by atoms with Crippen LogP contribution in [0.25, 0.3) is 0 Å². The third-order valence-corrected chi connectivity index (χ3v) is 2.37. The normalized spacial score (nSPS) is 11.2. The average Bonchev–Trinajstić information content (AvgIpc) is 2.26. The monoisotopic (exact) mass is 224 g/mol. The first-order chi connectivity index (χ1) is 7.44. The molecule has 0 aromatic heterocycles. The number of carbonyl (C=O) groups is 1. The first kappa shape index (κ1) is 12.6. The average molecular weight is 224 g/mol. The van der Waals surface area contributed by atoms with Gasteiger partial charge in [-0.1, -0.05) is 19.9 Å². The Balaban J connectivity index is 2.60. The van der Waals surface area contributed by atoms with Gasteiger partial charge < -0.3 is 11.1 Å².